The van der Waals surface area contributed by atoms with Gasteiger partial charge >= 0.3 is 6.03 Å². The van der Waals surface area contributed by atoms with Crippen LogP contribution >= 0.6 is 0 Å². The maximum Gasteiger partial charge on any atom is 0.321 e. The monoisotopic (exact) mass is 461 g/mol. The molecule has 4 rings (SSSR count). The molecule has 1 heterocycles. The lowest BCUT2D eigenvalue weighted by Crippen LogP contribution is -2.48. The Morgan fingerprint density at radius 3 is 2.47 bits per heavy atom. The summed E-state index contributed by atoms with van der Waals surface area (Å²) < 4.78 is 0. The van der Waals surface area contributed by atoms with Crippen LogP contribution in [-0.4, -0.2) is 49.0 Å². The number of likely N-dealkylation sites (N-methyl/N-ethyl adjacent to an activating group) is 1. The molecule has 0 spiro atoms. The highest BCUT2D eigenvalue weighted by molar-refractivity contribution is 6.12. The average Bonchev–Trinajstić information content (AvgIpc) is 2.89. The van der Waals surface area contributed by atoms with Crippen LogP contribution in [0.2, 0.25) is 0 Å². The van der Waals surface area contributed by atoms with Gasteiger partial charge in [-0.25, -0.2) is 9.79 Å². The molecule has 34 heavy (non-hydrogen) atoms. The molecule has 0 aromatic heterocycles. The van der Waals surface area contributed by atoms with E-state index in [-0.39, 0.29) is 5.91 Å². The molecule has 0 unspecified atom stereocenters. The number of benzene rings is 2. The van der Waals surface area contributed by atoms with Gasteiger partial charge in [-0.05, 0) is 49.6 Å². The molecule has 3 amide bonds. The third kappa shape index (κ3) is 5.41. The zero-order valence-electron chi connectivity index (χ0n) is 20.4. The first-order chi connectivity index (χ1) is 16.4. The molecule has 2 aromatic rings. The van der Waals surface area contributed by atoms with Crippen molar-refractivity contribution in [3.8, 4) is 0 Å². The van der Waals surface area contributed by atoms with Crippen LogP contribution in [0.5, 0.6) is 0 Å². The summed E-state index contributed by atoms with van der Waals surface area (Å²) in [4.78, 5) is 34.8. The van der Waals surface area contributed by atoms with Crippen molar-refractivity contribution in [1.29, 1.82) is 0 Å². The minimum Gasteiger partial charge on any atom is -0.356 e. The molecule has 0 bridgehead atoms. The van der Waals surface area contributed by atoms with Crippen molar-refractivity contribution >= 4 is 29.1 Å². The van der Waals surface area contributed by atoms with E-state index in [1.807, 2.05) is 55.5 Å². The quantitative estimate of drug-likeness (QED) is 0.682. The van der Waals surface area contributed by atoms with E-state index in [9.17, 15) is 9.59 Å². The summed E-state index contributed by atoms with van der Waals surface area (Å²) in [6.07, 6.45) is 7.42. The van der Waals surface area contributed by atoms with Crippen LogP contribution in [0.25, 0.3) is 0 Å². The Labute approximate surface area is 202 Å². The second kappa shape index (κ2) is 10.7. The fraction of sp³-hybridized carbons (Fsp3) is 0.444. The van der Waals surface area contributed by atoms with E-state index in [4.69, 9.17) is 4.99 Å². The highest BCUT2D eigenvalue weighted by Gasteiger charge is 2.33. The van der Waals surface area contributed by atoms with E-state index in [2.05, 4.69) is 22.6 Å². The molecule has 0 radical (unpaired) electrons. The van der Waals surface area contributed by atoms with E-state index >= 15 is 0 Å². The second-order valence-corrected chi connectivity index (χ2v) is 9.35. The van der Waals surface area contributed by atoms with Crippen LogP contribution < -0.4 is 15.5 Å². The summed E-state index contributed by atoms with van der Waals surface area (Å²) >= 11 is 0. The first-order valence-electron chi connectivity index (χ1n) is 12.3. The predicted octanol–water partition coefficient (Wildman–Crippen LogP) is 4.91. The first-order valence-corrected chi connectivity index (χ1v) is 12.3. The molecular weight excluding hydrogens is 426 g/mol. The number of hydrogen-bond donors (Lipinski definition) is 2. The summed E-state index contributed by atoms with van der Waals surface area (Å²) in [6.45, 7) is 1.96. The number of carbonyl (C=O) groups excluding carboxylic acids is 2. The number of amidine groups is 1. The van der Waals surface area contributed by atoms with Crippen LogP contribution in [0.3, 0.4) is 0 Å². The summed E-state index contributed by atoms with van der Waals surface area (Å²) in [5.41, 5.74) is 3.42. The van der Waals surface area contributed by atoms with Gasteiger partial charge in [0.1, 0.15) is 5.84 Å². The van der Waals surface area contributed by atoms with Crippen LogP contribution in [0.4, 0.5) is 16.2 Å². The molecular formula is C27H35N5O2. The average molecular weight is 462 g/mol. The smallest absolute Gasteiger partial charge is 0.321 e. The van der Waals surface area contributed by atoms with Crippen molar-refractivity contribution in [3.63, 3.8) is 0 Å². The number of nitrogens with zero attached hydrogens (tertiary/aromatic N) is 3. The van der Waals surface area contributed by atoms with Gasteiger partial charge in [-0.15, -0.1) is 0 Å². The predicted molar refractivity (Wildman–Crippen MR) is 137 cm³/mol. The van der Waals surface area contributed by atoms with Gasteiger partial charge < -0.3 is 20.4 Å². The fourth-order valence-electron chi connectivity index (χ4n) is 4.89. The molecule has 1 aliphatic carbocycles. The minimum absolute atomic E-state index is 0.270. The fourth-order valence-corrected chi connectivity index (χ4v) is 4.89. The van der Waals surface area contributed by atoms with Crippen molar-refractivity contribution in [1.82, 2.24) is 10.2 Å². The van der Waals surface area contributed by atoms with E-state index in [0.29, 0.717) is 11.7 Å². The molecule has 1 atom stereocenters. The van der Waals surface area contributed by atoms with Gasteiger partial charge in [0.05, 0.1) is 5.69 Å². The standard InChI is InChI=1S/C27H35N5O2/c1-19-12-11-13-20(18-19)28-27(34)30-24-26(33)32(3)23-17-10-9-16-22(23)25(29-24)31(2)21-14-7-5-4-6-8-15-21/h9-13,16-18,21,24H,4-8,14-15H2,1-3H3,(H2,28,30,34)/t24-/m0/s1. The van der Waals surface area contributed by atoms with Crippen LogP contribution in [0.1, 0.15) is 56.1 Å². The Kier molecular flexibility index (Phi) is 7.50. The van der Waals surface area contributed by atoms with Gasteiger partial charge in [0.2, 0.25) is 6.17 Å². The Bertz CT molecular complexity index is 1060. The lowest BCUT2D eigenvalue weighted by Gasteiger charge is -2.33. The third-order valence-corrected chi connectivity index (χ3v) is 6.82. The zero-order chi connectivity index (χ0) is 24.1. The van der Waals surface area contributed by atoms with Gasteiger partial charge in [-0.1, -0.05) is 56.4 Å². The number of nitrogens with one attached hydrogen (secondary N) is 2. The number of aliphatic imine (C=N–C) groups is 1. The van der Waals surface area contributed by atoms with Crippen molar-refractivity contribution in [3.05, 3.63) is 59.7 Å². The molecule has 1 aliphatic heterocycles. The maximum absolute atomic E-state index is 13.4. The van der Waals surface area contributed by atoms with Crippen LogP contribution in [0.15, 0.2) is 53.5 Å². The van der Waals surface area contributed by atoms with Gasteiger partial charge in [-0.2, -0.15) is 0 Å². The number of urea groups is 1. The molecule has 7 nitrogen and oxygen atoms in total. The molecule has 180 valence electrons. The maximum atomic E-state index is 13.4. The lowest BCUT2D eigenvalue weighted by atomic mass is 9.95. The van der Waals surface area contributed by atoms with Gasteiger partial charge in [0.15, 0.2) is 0 Å². The zero-order valence-corrected chi connectivity index (χ0v) is 20.4. The molecule has 1 saturated carbocycles. The number of amides is 3. The number of benzodiazepines with no additional fused rings is 1. The van der Waals surface area contributed by atoms with E-state index < -0.39 is 12.2 Å². The minimum atomic E-state index is -1.02. The first kappa shape index (κ1) is 23.8. The largest absolute Gasteiger partial charge is 0.356 e. The van der Waals surface area contributed by atoms with Crippen molar-refractivity contribution in [2.45, 2.75) is 64.1 Å². The van der Waals surface area contributed by atoms with E-state index in [1.54, 1.807) is 11.9 Å². The number of fused-ring (bicyclic) bond motifs is 1. The molecule has 2 aromatic carbocycles. The number of anilines is 2. The van der Waals surface area contributed by atoms with Crippen molar-refractivity contribution < 1.29 is 9.59 Å². The Morgan fingerprint density at radius 2 is 1.74 bits per heavy atom. The topological polar surface area (TPSA) is 77.0 Å². The lowest BCUT2D eigenvalue weighted by molar-refractivity contribution is -0.119. The number of para-hydroxylation sites is 1. The van der Waals surface area contributed by atoms with Crippen LogP contribution in [0, 0.1) is 6.92 Å². The van der Waals surface area contributed by atoms with Crippen molar-refractivity contribution in [2.75, 3.05) is 24.3 Å². The second-order valence-electron chi connectivity index (χ2n) is 9.35. The van der Waals surface area contributed by atoms with Crippen molar-refractivity contribution in [2.24, 2.45) is 4.99 Å². The van der Waals surface area contributed by atoms with E-state index in [1.165, 1.54) is 32.1 Å². The molecule has 0 saturated heterocycles. The van der Waals surface area contributed by atoms with E-state index in [0.717, 1.165) is 35.5 Å². The number of aryl methyl sites for hydroxylation is 1. The molecule has 1 fully saturated rings. The van der Waals surface area contributed by atoms with Crippen LogP contribution in [-0.2, 0) is 4.79 Å². The van der Waals surface area contributed by atoms with Gasteiger partial charge in [-0.3, -0.25) is 4.79 Å². The Hall–Kier alpha value is -3.35. The molecule has 2 N–H and O–H groups in total. The summed E-state index contributed by atoms with van der Waals surface area (Å²) in [5, 5.41) is 5.62. The highest BCUT2D eigenvalue weighted by Crippen LogP contribution is 2.28. The summed E-state index contributed by atoms with van der Waals surface area (Å²) in [5.74, 6) is 0.479. The normalized spacial score (nSPS) is 19.3. The number of hydrogen-bond acceptors (Lipinski definition) is 4. The summed E-state index contributed by atoms with van der Waals surface area (Å²) in [7, 11) is 3.81. The molecule has 2 aliphatic rings. The number of carbonyl (C=O) groups is 2. The Balaban J connectivity index is 1.63. The number of rotatable bonds is 3. The third-order valence-electron chi connectivity index (χ3n) is 6.82. The van der Waals surface area contributed by atoms with Gasteiger partial charge in [0.25, 0.3) is 5.91 Å². The SMILES string of the molecule is Cc1cccc(NC(=O)N[C@@H]2N=C(N(C)C3CCCCCCC3)c3ccccc3N(C)C2=O)c1. The highest BCUT2D eigenvalue weighted by atomic mass is 16.2. The molecule has 7 heteroatoms. The Morgan fingerprint density at radius 1 is 1.03 bits per heavy atom. The van der Waals surface area contributed by atoms with Gasteiger partial charge in [0, 0.05) is 31.4 Å². The summed E-state index contributed by atoms with van der Waals surface area (Å²) in [6, 6.07) is 15.3.